The number of rotatable bonds is 3. The van der Waals surface area contributed by atoms with Crippen molar-refractivity contribution in [3.05, 3.63) is 59.8 Å². The van der Waals surface area contributed by atoms with Gasteiger partial charge in [-0.05, 0) is 43.3 Å². The van der Waals surface area contributed by atoms with Gasteiger partial charge in [0.1, 0.15) is 11.6 Å². The smallest absolute Gasteiger partial charge is 0.251 e. The summed E-state index contributed by atoms with van der Waals surface area (Å²) in [4.78, 5) is 11.8. The van der Waals surface area contributed by atoms with Crippen LogP contribution in [0.4, 0.5) is 4.39 Å². The van der Waals surface area contributed by atoms with Crippen LogP contribution < -0.4 is 5.32 Å². The van der Waals surface area contributed by atoms with Crippen molar-refractivity contribution >= 4 is 5.91 Å². The fourth-order valence-corrected chi connectivity index (χ4v) is 1.49. The average molecular weight is 233 g/mol. The SMILES string of the molecule is C[C@H](NC(=O)c1ccc(F)cc1)c1ccco1. The molecular weight excluding hydrogens is 221 g/mol. The van der Waals surface area contributed by atoms with Gasteiger partial charge in [-0.3, -0.25) is 4.79 Å². The van der Waals surface area contributed by atoms with Gasteiger partial charge in [0.25, 0.3) is 5.91 Å². The van der Waals surface area contributed by atoms with Gasteiger partial charge in [-0.2, -0.15) is 0 Å². The Balaban J connectivity index is 2.04. The lowest BCUT2D eigenvalue weighted by Crippen LogP contribution is -2.26. The minimum Gasteiger partial charge on any atom is -0.467 e. The van der Waals surface area contributed by atoms with Crippen LogP contribution in [0.5, 0.6) is 0 Å². The third-order valence-corrected chi connectivity index (χ3v) is 2.42. The van der Waals surface area contributed by atoms with E-state index in [1.54, 1.807) is 18.4 Å². The molecule has 0 spiro atoms. The van der Waals surface area contributed by atoms with E-state index in [0.29, 0.717) is 11.3 Å². The molecule has 3 nitrogen and oxygen atoms in total. The van der Waals surface area contributed by atoms with E-state index in [2.05, 4.69) is 5.32 Å². The van der Waals surface area contributed by atoms with Crippen molar-refractivity contribution in [2.45, 2.75) is 13.0 Å². The lowest BCUT2D eigenvalue weighted by molar-refractivity contribution is 0.0935. The molecule has 0 aliphatic carbocycles. The lowest BCUT2D eigenvalue weighted by Gasteiger charge is -2.11. The number of hydrogen-bond donors (Lipinski definition) is 1. The van der Waals surface area contributed by atoms with Gasteiger partial charge >= 0.3 is 0 Å². The predicted octanol–water partition coefficient (Wildman–Crippen LogP) is 2.91. The first-order chi connectivity index (χ1) is 8.16. The van der Waals surface area contributed by atoms with Gasteiger partial charge in [-0.15, -0.1) is 0 Å². The first-order valence-corrected chi connectivity index (χ1v) is 5.26. The molecule has 2 aromatic rings. The summed E-state index contributed by atoms with van der Waals surface area (Å²) in [7, 11) is 0. The van der Waals surface area contributed by atoms with Crippen molar-refractivity contribution in [1.29, 1.82) is 0 Å². The fraction of sp³-hybridized carbons (Fsp3) is 0.154. The summed E-state index contributed by atoms with van der Waals surface area (Å²) in [6.07, 6.45) is 1.55. The number of amides is 1. The molecule has 1 N–H and O–H groups in total. The number of nitrogens with one attached hydrogen (secondary N) is 1. The van der Waals surface area contributed by atoms with Crippen LogP contribution in [0.25, 0.3) is 0 Å². The number of furan rings is 1. The van der Waals surface area contributed by atoms with Gasteiger partial charge in [0, 0.05) is 5.56 Å². The van der Waals surface area contributed by atoms with Crippen LogP contribution in [0.3, 0.4) is 0 Å². The molecule has 1 atom stereocenters. The van der Waals surface area contributed by atoms with Gasteiger partial charge in [-0.25, -0.2) is 4.39 Å². The van der Waals surface area contributed by atoms with E-state index in [4.69, 9.17) is 4.42 Å². The molecule has 0 fully saturated rings. The second-order valence-corrected chi connectivity index (χ2v) is 3.72. The van der Waals surface area contributed by atoms with Crippen molar-refractivity contribution in [3.8, 4) is 0 Å². The summed E-state index contributed by atoms with van der Waals surface area (Å²) in [6, 6.07) is 8.73. The first-order valence-electron chi connectivity index (χ1n) is 5.26. The molecule has 1 heterocycles. The molecular formula is C13H12FNO2. The van der Waals surface area contributed by atoms with Crippen LogP contribution in [-0.2, 0) is 0 Å². The highest BCUT2D eigenvalue weighted by atomic mass is 19.1. The molecule has 0 aliphatic rings. The highest BCUT2D eigenvalue weighted by Crippen LogP contribution is 2.13. The lowest BCUT2D eigenvalue weighted by atomic mass is 10.2. The normalized spacial score (nSPS) is 12.1. The zero-order valence-electron chi connectivity index (χ0n) is 9.31. The number of halogens is 1. The van der Waals surface area contributed by atoms with Crippen LogP contribution in [0.1, 0.15) is 29.1 Å². The van der Waals surface area contributed by atoms with E-state index in [-0.39, 0.29) is 17.8 Å². The largest absolute Gasteiger partial charge is 0.467 e. The Morgan fingerprint density at radius 2 is 2.00 bits per heavy atom. The molecule has 0 aliphatic heterocycles. The summed E-state index contributed by atoms with van der Waals surface area (Å²) >= 11 is 0. The van der Waals surface area contributed by atoms with Gasteiger partial charge in [-0.1, -0.05) is 0 Å². The second-order valence-electron chi connectivity index (χ2n) is 3.72. The second kappa shape index (κ2) is 4.82. The predicted molar refractivity (Wildman–Crippen MR) is 61.0 cm³/mol. The molecule has 1 aromatic heterocycles. The summed E-state index contributed by atoms with van der Waals surface area (Å²) in [5, 5.41) is 2.76. The zero-order valence-corrected chi connectivity index (χ0v) is 9.31. The Labute approximate surface area is 98.3 Å². The first kappa shape index (κ1) is 11.4. The number of carbonyl (C=O) groups excluding carboxylic acids is 1. The maximum Gasteiger partial charge on any atom is 0.251 e. The van der Waals surface area contributed by atoms with Crippen molar-refractivity contribution < 1.29 is 13.6 Å². The monoisotopic (exact) mass is 233 g/mol. The van der Waals surface area contributed by atoms with Gasteiger partial charge in [0.15, 0.2) is 0 Å². The van der Waals surface area contributed by atoms with E-state index in [0.717, 1.165) is 0 Å². The van der Waals surface area contributed by atoms with E-state index in [1.165, 1.54) is 24.3 Å². The maximum atomic E-state index is 12.7. The third-order valence-electron chi connectivity index (χ3n) is 2.42. The van der Waals surface area contributed by atoms with Crippen LogP contribution >= 0.6 is 0 Å². The molecule has 0 radical (unpaired) electrons. The zero-order chi connectivity index (χ0) is 12.3. The van der Waals surface area contributed by atoms with E-state index in [9.17, 15) is 9.18 Å². The minimum atomic E-state index is -0.361. The highest BCUT2D eigenvalue weighted by molar-refractivity contribution is 5.94. The quantitative estimate of drug-likeness (QED) is 0.885. The molecule has 0 bridgehead atoms. The van der Waals surface area contributed by atoms with Crippen molar-refractivity contribution in [2.24, 2.45) is 0 Å². The molecule has 4 heteroatoms. The van der Waals surface area contributed by atoms with Crippen LogP contribution in [0.2, 0.25) is 0 Å². The Bertz CT molecular complexity index is 491. The molecule has 0 unspecified atom stereocenters. The van der Waals surface area contributed by atoms with Crippen LogP contribution in [0.15, 0.2) is 47.1 Å². The molecule has 2 rings (SSSR count). The third kappa shape index (κ3) is 2.72. The Morgan fingerprint density at radius 3 is 2.59 bits per heavy atom. The van der Waals surface area contributed by atoms with Crippen LogP contribution in [-0.4, -0.2) is 5.91 Å². The molecule has 17 heavy (non-hydrogen) atoms. The van der Waals surface area contributed by atoms with E-state index >= 15 is 0 Å². The van der Waals surface area contributed by atoms with Gasteiger partial charge in [0.05, 0.1) is 12.3 Å². The molecule has 88 valence electrons. The number of carbonyl (C=O) groups is 1. The summed E-state index contributed by atoms with van der Waals surface area (Å²) in [5.74, 6) is 0.0648. The average Bonchev–Trinajstić information content (AvgIpc) is 2.83. The summed E-state index contributed by atoms with van der Waals surface area (Å²) in [6.45, 7) is 1.82. The van der Waals surface area contributed by atoms with Crippen molar-refractivity contribution in [1.82, 2.24) is 5.32 Å². The minimum absolute atomic E-state index is 0.220. The maximum absolute atomic E-state index is 12.7. The van der Waals surface area contributed by atoms with Crippen molar-refractivity contribution in [3.63, 3.8) is 0 Å². The summed E-state index contributed by atoms with van der Waals surface area (Å²) in [5.41, 5.74) is 0.421. The molecule has 1 aromatic carbocycles. The van der Waals surface area contributed by atoms with Crippen LogP contribution in [0, 0.1) is 5.82 Å². The van der Waals surface area contributed by atoms with Crippen molar-refractivity contribution in [2.75, 3.05) is 0 Å². The van der Waals surface area contributed by atoms with Gasteiger partial charge in [0.2, 0.25) is 0 Å². The fourth-order valence-electron chi connectivity index (χ4n) is 1.49. The topological polar surface area (TPSA) is 42.2 Å². The highest BCUT2D eigenvalue weighted by Gasteiger charge is 2.12. The Kier molecular flexibility index (Phi) is 3.23. The number of hydrogen-bond acceptors (Lipinski definition) is 2. The van der Waals surface area contributed by atoms with E-state index < -0.39 is 0 Å². The van der Waals surface area contributed by atoms with E-state index in [1.807, 2.05) is 6.92 Å². The Hall–Kier alpha value is -2.10. The molecule has 0 saturated heterocycles. The van der Waals surface area contributed by atoms with Gasteiger partial charge < -0.3 is 9.73 Å². The molecule has 1 amide bonds. The Morgan fingerprint density at radius 1 is 1.29 bits per heavy atom. The standard InChI is InChI=1S/C13H12FNO2/c1-9(12-3-2-8-17-12)15-13(16)10-4-6-11(14)7-5-10/h2-9H,1H3,(H,15,16)/t9-/m0/s1. The number of benzene rings is 1. The molecule has 0 saturated carbocycles. The summed E-state index contributed by atoms with van der Waals surface area (Å²) < 4.78 is 17.9.